The maximum absolute atomic E-state index is 13.4. The van der Waals surface area contributed by atoms with Crippen molar-refractivity contribution in [2.45, 2.75) is 18.8 Å². The number of hydrogen-bond donors (Lipinski definition) is 0. The zero-order valence-electron chi connectivity index (χ0n) is 10.1. The molecule has 1 aromatic heterocycles. The maximum Gasteiger partial charge on any atom is 0.172 e. The van der Waals surface area contributed by atoms with Crippen molar-refractivity contribution < 1.29 is 9.18 Å². The molecule has 1 heterocycles. The number of carbonyl (C=O) groups is 1. The van der Waals surface area contributed by atoms with Crippen LogP contribution in [0.4, 0.5) is 4.39 Å². The summed E-state index contributed by atoms with van der Waals surface area (Å²) in [5.41, 5.74) is 2.36. The van der Waals surface area contributed by atoms with Crippen LogP contribution in [-0.2, 0) is 6.42 Å². The SMILES string of the molecule is O=C(c1cc(F)cc(Br)c1)C1CCc2cccnc21. The number of ketones is 1. The van der Waals surface area contributed by atoms with Gasteiger partial charge in [-0.3, -0.25) is 9.78 Å². The van der Waals surface area contributed by atoms with Crippen molar-refractivity contribution >= 4 is 21.7 Å². The fourth-order valence-electron chi connectivity index (χ4n) is 2.57. The van der Waals surface area contributed by atoms with E-state index in [0.29, 0.717) is 10.0 Å². The first kappa shape index (κ1) is 12.5. The van der Waals surface area contributed by atoms with E-state index < -0.39 is 5.82 Å². The Morgan fingerprint density at radius 2 is 2.21 bits per heavy atom. The molecule has 1 atom stereocenters. The van der Waals surface area contributed by atoms with Crippen LogP contribution < -0.4 is 0 Å². The monoisotopic (exact) mass is 319 g/mol. The summed E-state index contributed by atoms with van der Waals surface area (Å²) in [5, 5.41) is 0. The second kappa shape index (κ2) is 4.85. The zero-order chi connectivity index (χ0) is 13.4. The molecule has 0 radical (unpaired) electrons. The number of aromatic nitrogens is 1. The highest BCUT2D eigenvalue weighted by Gasteiger charge is 2.30. The van der Waals surface area contributed by atoms with Crippen LogP contribution >= 0.6 is 15.9 Å². The van der Waals surface area contributed by atoms with Crippen LogP contribution in [0.1, 0.15) is 34.0 Å². The Kier molecular flexibility index (Phi) is 3.19. The Morgan fingerprint density at radius 3 is 3.00 bits per heavy atom. The van der Waals surface area contributed by atoms with E-state index in [9.17, 15) is 9.18 Å². The van der Waals surface area contributed by atoms with Gasteiger partial charge in [-0.1, -0.05) is 22.0 Å². The van der Waals surface area contributed by atoms with Crippen molar-refractivity contribution in [3.05, 3.63) is 63.6 Å². The van der Waals surface area contributed by atoms with Crippen molar-refractivity contribution in [2.24, 2.45) is 0 Å². The summed E-state index contributed by atoms with van der Waals surface area (Å²) in [5.74, 6) is -0.709. The molecular weight excluding hydrogens is 309 g/mol. The fourth-order valence-corrected chi connectivity index (χ4v) is 3.03. The van der Waals surface area contributed by atoms with E-state index in [1.165, 1.54) is 12.1 Å². The maximum atomic E-state index is 13.4. The molecule has 1 aliphatic carbocycles. The van der Waals surface area contributed by atoms with Gasteiger partial charge < -0.3 is 0 Å². The Labute approximate surface area is 118 Å². The summed E-state index contributed by atoms with van der Waals surface area (Å²) in [6, 6.07) is 8.17. The molecule has 0 amide bonds. The van der Waals surface area contributed by atoms with Crippen molar-refractivity contribution in [3.8, 4) is 0 Å². The van der Waals surface area contributed by atoms with Gasteiger partial charge in [0.2, 0.25) is 0 Å². The van der Waals surface area contributed by atoms with Gasteiger partial charge in [-0.15, -0.1) is 0 Å². The van der Waals surface area contributed by atoms with Gasteiger partial charge >= 0.3 is 0 Å². The van der Waals surface area contributed by atoms with Crippen LogP contribution in [0.25, 0.3) is 0 Å². The van der Waals surface area contributed by atoms with Gasteiger partial charge in [0.15, 0.2) is 5.78 Å². The Bertz CT molecular complexity index is 636. The van der Waals surface area contributed by atoms with Crippen LogP contribution in [0.2, 0.25) is 0 Å². The molecule has 1 unspecified atom stereocenters. The van der Waals surface area contributed by atoms with Gasteiger partial charge in [-0.25, -0.2) is 4.39 Å². The molecular formula is C15H11BrFNO. The average molecular weight is 320 g/mol. The van der Waals surface area contributed by atoms with Crippen LogP contribution in [0.5, 0.6) is 0 Å². The molecule has 0 fully saturated rings. The standard InChI is InChI=1S/C15H11BrFNO/c16-11-6-10(7-12(17)8-11)15(19)13-4-3-9-2-1-5-18-14(9)13/h1-2,5-8,13H,3-4H2. The van der Waals surface area contributed by atoms with E-state index in [0.717, 1.165) is 24.1 Å². The highest BCUT2D eigenvalue weighted by molar-refractivity contribution is 9.10. The summed E-state index contributed by atoms with van der Waals surface area (Å²) >= 11 is 3.21. The molecule has 0 aliphatic heterocycles. The minimum Gasteiger partial charge on any atom is -0.293 e. The zero-order valence-corrected chi connectivity index (χ0v) is 11.7. The number of pyridine rings is 1. The van der Waals surface area contributed by atoms with Crippen LogP contribution in [0.3, 0.4) is 0 Å². The number of carbonyl (C=O) groups excluding carboxylic acids is 1. The first-order chi connectivity index (χ1) is 9.15. The van der Waals surface area contributed by atoms with E-state index in [-0.39, 0.29) is 11.7 Å². The van der Waals surface area contributed by atoms with Gasteiger partial charge in [-0.2, -0.15) is 0 Å². The van der Waals surface area contributed by atoms with Gasteiger partial charge in [0.25, 0.3) is 0 Å². The number of halogens is 2. The molecule has 1 aromatic carbocycles. The first-order valence-electron chi connectivity index (χ1n) is 6.09. The Morgan fingerprint density at radius 1 is 1.37 bits per heavy atom. The predicted octanol–water partition coefficient (Wildman–Crippen LogP) is 3.90. The summed E-state index contributed by atoms with van der Waals surface area (Å²) in [6.45, 7) is 0. The van der Waals surface area contributed by atoms with Crippen molar-refractivity contribution in [2.75, 3.05) is 0 Å². The summed E-state index contributed by atoms with van der Waals surface area (Å²) in [6.07, 6.45) is 3.31. The molecule has 96 valence electrons. The third-order valence-electron chi connectivity index (χ3n) is 3.42. The molecule has 0 bridgehead atoms. The minimum absolute atomic E-state index is 0.0577. The lowest BCUT2D eigenvalue weighted by atomic mass is 9.95. The third kappa shape index (κ3) is 2.32. The lowest BCUT2D eigenvalue weighted by Crippen LogP contribution is -2.11. The normalized spacial score (nSPS) is 17.3. The quantitative estimate of drug-likeness (QED) is 0.786. The molecule has 2 aromatic rings. The highest BCUT2D eigenvalue weighted by atomic mass is 79.9. The lowest BCUT2D eigenvalue weighted by Gasteiger charge is -2.10. The molecule has 3 rings (SSSR count). The molecule has 0 saturated heterocycles. The molecule has 19 heavy (non-hydrogen) atoms. The van der Waals surface area contributed by atoms with Crippen LogP contribution in [0.15, 0.2) is 41.0 Å². The largest absolute Gasteiger partial charge is 0.293 e. The highest BCUT2D eigenvalue weighted by Crippen LogP contribution is 2.34. The van der Waals surface area contributed by atoms with Crippen LogP contribution in [0, 0.1) is 5.82 Å². The number of Topliss-reactive ketones (excluding diaryl/α,β-unsaturated/α-hetero) is 1. The molecule has 2 nitrogen and oxygen atoms in total. The molecule has 0 spiro atoms. The van der Waals surface area contributed by atoms with Gasteiger partial charge in [-0.05, 0) is 42.7 Å². The molecule has 1 aliphatic rings. The number of hydrogen-bond acceptors (Lipinski definition) is 2. The van der Waals surface area contributed by atoms with E-state index >= 15 is 0 Å². The summed E-state index contributed by atoms with van der Waals surface area (Å²) in [7, 11) is 0. The number of rotatable bonds is 2. The Hall–Kier alpha value is -1.55. The number of aryl methyl sites for hydroxylation is 1. The fraction of sp³-hybridized carbons (Fsp3) is 0.200. The van der Waals surface area contributed by atoms with Gasteiger partial charge in [0.1, 0.15) is 5.82 Å². The Balaban J connectivity index is 1.98. The van der Waals surface area contributed by atoms with Gasteiger partial charge in [0.05, 0.1) is 11.6 Å². The second-order valence-electron chi connectivity index (χ2n) is 4.66. The molecule has 0 saturated carbocycles. The van der Waals surface area contributed by atoms with E-state index in [1.54, 1.807) is 12.3 Å². The van der Waals surface area contributed by atoms with E-state index in [1.807, 2.05) is 12.1 Å². The number of fused-ring (bicyclic) bond motifs is 1. The third-order valence-corrected chi connectivity index (χ3v) is 3.88. The van der Waals surface area contributed by atoms with E-state index in [2.05, 4.69) is 20.9 Å². The van der Waals surface area contributed by atoms with Crippen LogP contribution in [-0.4, -0.2) is 10.8 Å². The summed E-state index contributed by atoms with van der Waals surface area (Å²) in [4.78, 5) is 16.8. The predicted molar refractivity (Wildman–Crippen MR) is 73.7 cm³/mol. The van der Waals surface area contributed by atoms with Crippen molar-refractivity contribution in [3.63, 3.8) is 0 Å². The van der Waals surface area contributed by atoms with Crippen molar-refractivity contribution in [1.29, 1.82) is 0 Å². The minimum atomic E-state index is -0.406. The van der Waals surface area contributed by atoms with Crippen molar-refractivity contribution in [1.82, 2.24) is 4.98 Å². The topological polar surface area (TPSA) is 30.0 Å². The number of benzene rings is 1. The second-order valence-corrected chi connectivity index (χ2v) is 5.58. The first-order valence-corrected chi connectivity index (χ1v) is 6.88. The van der Waals surface area contributed by atoms with E-state index in [4.69, 9.17) is 0 Å². The number of nitrogens with zero attached hydrogens (tertiary/aromatic N) is 1. The smallest absolute Gasteiger partial charge is 0.172 e. The molecule has 4 heteroatoms. The molecule has 0 N–H and O–H groups in total. The lowest BCUT2D eigenvalue weighted by molar-refractivity contribution is 0.0957. The van der Waals surface area contributed by atoms with Gasteiger partial charge in [0, 0.05) is 16.2 Å². The average Bonchev–Trinajstić information content (AvgIpc) is 2.80. The summed E-state index contributed by atoms with van der Waals surface area (Å²) < 4.78 is 14.0.